The molecular formula is C20H23N5O. The van der Waals surface area contributed by atoms with Crippen LogP contribution in [0.3, 0.4) is 0 Å². The third-order valence-corrected chi connectivity index (χ3v) is 4.96. The van der Waals surface area contributed by atoms with Crippen molar-refractivity contribution in [2.45, 2.75) is 39.2 Å². The van der Waals surface area contributed by atoms with Crippen LogP contribution in [0.4, 0.5) is 0 Å². The van der Waals surface area contributed by atoms with Crippen molar-refractivity contribution in [3.05, 3.63) is 59.6 Å². The Morgan fingerprint density at radius 1 is 1.15 bits per heavy atom. The van der Waals surface area contributed by atoms with Crippen LogP contribution in [-0.2, 0) is 6.54 Å². The summed E-state index contributed by atoms with van der Waals surface area (Å²) < 4.78 is 5.48. The Kier molecular flexibility index (Phi) is 4.75. The highest BCUT2D eigenvalue weighted by Gasteiger charge is 2.25. The Bertz CT molecular complexity index is 869. The fourth-order valence-corrected chi connectivity index (χ4v) is 3.59. The molecule has 4 heterocycles. The zero-order valence-corrected chi connectivity index (χ0v) is 15.2. The molecule has 26 heavy (non-hydrogen) atoms. The zero-order chi connectivity index (χ0) is 17.9. The number of hydrogen-bond acceptors (Lipinski definition) is 6. The lowest BCUT2D eigenvalue weighted by Gasteiger charge is -2.32. The van der Waals surface area contributed by atoms with Crippen molar-refractivity contribution >= 4 is 0 Å². The van der Waals surface area contributed by atoms with Gasteiger partial charge in [-0.25, -0.2) is 9.97 Å². The van der Waals surface area contributed by atoms with Crippen LogP contribution in [-0.4, -0.2) is 38.1 Å². The number of aromatic nitrogens is 4. The molecule has 0 amide bonds. The maximum atomic E-state index is 5.48. The second-order valence-electron chi connectivity index (χ2n) is 6.95. The molecule has 3 aromatic heterocycles. The second kappa shape index (κ2) is 7.33. The first-order valence-corrected chi connectivity index (χ1v) is 9.07. The van der Waals surface area contributed by atoms with Crippen molar-refractivity contribution in [1.82, 2.24) is 25.0 Å². The van der Waals surface area contributed by atoms with Gasteiger partial charge in [0, 0.05) is 37.1 Å². The smallest absolute Gasteiger partial charge is 0.170 e. The quantitative estimate of drug-likeness (QED) is 0.718. The van der Waals surface area contributed by atoms with Gasteiger partial charge in [-0.05, 0) is 57.5 Å². The molecule has 1 aliphatic heterocycles. The van der Waals surface area contributed by atoms with E-state index in [2.05, 4.69) is 32.2 Å². The molecule has 0 bridgehead atoms. The van der Waals surface area contributed by atoms with Crippen LogP contribution in [0.25, 0.3) is 11.3 Å². The molecule has 4 rings (SSSR count). The largest absolute Gasteiger partial charge is 0.356 e. The van der Waals surface area contributed by atoms with Crippen molar-refractivity contribution in [1.29, 1.82) is 0 Å². The van der Waals surface area contributed by atoms with E-state index in [1.807, 2.05) is 38.5 Å². The van der Waals surface area contributed by atoms with Crippen molar-refractivity contribution in [3.8, 4) is 11.3 Å². The Morgan fingerprint density at radius 3 is 2.62 bits per heavy atom. The number of aryl methyl sites for hydroxylation is 2. The third-order valence-electron chi connectivity index (χ3n) is 4.96. The van der Waals surface area contributed by atoms with Gasteiger partial charge in [0.15, 0.2) is 5.76 Å². The average molecular weight is 349 g/mol. The predicted octanol–water partition coefficient (Wildman–Crippen LogP) is 3.52. The standard InChI is InChI=1S/C20H23N5O/c1-14-11-19(26-24-14)18-12-22-15(2)23-20(18)17-5-9-25(10-6-17)13-16-3-7-21-8-4-16/h3-4,7-8,11-12,17H,5-6,9-10,13H2,1-2H3. The summed E-state index contributed by atoms with van der Waals surface area (Å²) in [7, 11) is 0. The van der Waals surface area contributed by atoms with Crippen molar-refractivity contribution in [3.63, 3.8) is 0 Å². The van der Waals surface area contributed by atoms with E-state index < -0.39 is 0 Å². The van der Waals surface area contributed by atoms with E-state index in [0.717, 1.165) is 61.0 Å². The van der Waals surface area contributed by atoms with Crippen LogP contribution in [0, 0.1) is 13.8 Å². The summed E-state index contributed by atoms with van der Waals surface area (Å²) in [5.41, 5.74) is 4.26. The number of rotatable bonds is 4. The monoisotopic (exact) mass is 349 g/mol. The van der Waals surface area contributed by atoms with E-state index >= 15 is 0 Å². The fourth-order valence-electron chi connectivity index (χ4n) is 3.59. The van der Waals surface area contributed by atoms with E-state index in [1.165, 1.54) is 5.56 Å². The second-order valence-corrected chi connectivity index (χ2v) is 6.95. The SMILES string of the molecule is Cc1cc(-c2cnc(C)nc2C2CCN(Cc3ccncc3)CC2)on1. The van der Waals surface area contributed by atoms with Crippen molar-refractivity contribution in [2.24, 2.45) is 0 Å². The maximum absolute atomic E-state index is 5.48. The van der Waals surface area contributed by atoms with Gasteiger partial charge in [0.2, 0.25) is 0 Å². The Morgan fingerprint density at radius 2 is 1.92 bits per heavy atom. The van der Waals surface area contributed by atoms with E-state index in [-0.39, 0.29) is 0 Å². The van der Waals surface area contributed by atoms with Gasteiger partial charge in [-0.3, -0.25) is 9.88 Å². The number of pyridine rings is 1. The molecule has 1 fully saturated rings. The Labute approximate surface area is 153 Å². The number of hydrogen-bond donors (Lipinski definition) is 0. The van der Waals surface area contributed by atoms with E-state index in [4.69, 9.17) is 9.51 Å². The maximum Gasteiger partial charge on any atom is 0.170 e. The summed E-state index contributed by atoms with van der Waals surface area (Å²) in [6.07, 6.45) is 7.76. The van der Waals surface area contributed by atoms with Gasteiger partial charge in [-0.1, -0.05) is 5.16 Å². The summed E-state index contributed by atoms with van der Waals surface area (Å²) >= 11 is 0. The van der Waals surface area contributed by atoms with E-state index in [1.54, 1.807) is 0 Å². The average Bonchev–Trinajstić information content (AvgIpc) is 3.09. The fraction of sp³-hybridized carbons (Fsp3) is 0.400. The molecule has 0 atom stereocenters. The molecule has 0 aromatic carbocycles. The minimum atomic E-state index is 0.422. The molecule has 0 saturated carbocycles. The molecule has 6 nitrogen and oxygen atoms in total. The third kappa shape index (κ3) is 3.65. The molecule has 0 unspecified atom stereocenters. The summed E-state index contributed by atoms with van der Waals surface area (Å²) in [5.74, 6) is 1.99. The van der Waals surface area contributed by atoms with Crippen LogP contribution in [0.15, 0.2) is 41.3 Å². The molecule has 6 heteroatoms. The molecule has 1 saturated heterocycles. The summed E-state index contributed by atoms with van der Waals surface area (Å²) in [6.45, 7) is 6.97. The molecular weight excluding hydrogens is 326 g/mol. The number of piperidine rings is 1. The van der Waals surface area contributed by atoms with E-state index in [0.29, 0.717) is 5.92 Å². The van der Waals surface area contributed by atoms with Gasteiger partial charge in [-0.2, -0.15) is 0 Å². The molecule has 0 spiro atoms. The molecule has 0 radical (unpaired) electrons. The van der Waals surface area contributed by atoms with Gasteiger partial charge in [0.25, 0.3) is 0 Å². The molecule has 134 valence electrons. The molecule has 0 aliphatic carbocycles. The topological polar surface area (TPSA) is 67.9 Å². The highest BCUT2D eigenvalue weighted by molar-refractivity contribution is 5.60. The summed E-state index contributed by atoms with van der Waals surface area (Å²) in [6, 6.07) is 6.13. The minimum Gasteiger partial charge on any atom is -0.356 e. The zero-order valence-electron chi connectivity index (χ0n) is 15.2. The predicted molar refractivity (Wildman–Crippen MR) is 98.5 cm³/mol. The van der Waals surface area contributed by atoms with Crippen LogP contribution in [0.1, 0.15) is 41.5 Å². The van der Waals surface area contributed by atoms with E-state index in [9.17, 15) is 0 Å². The Balaban J connectivity index is 1.50. The molecule has 0 N–H and O–H groups in total. The first-order chi connectivity index (χ1) is 12.7. The minimum absolute atomic E-state index is 0.422. The highest BCUT2D eigenvalue weighted by atomic mass is 16.5. The van der Waals surface area contributed by atoms with Gasteiger partial charge in [0.1, 0.15) is 5.82 Å². The highest BCUT2D eigenvalue weighted by Crippen LogP contribution is 2.34. The van der Waals surface area contributed by atoms with Crippen LogP contribution in [0.2, 0.25) is 0 Å². The summed E-state index contributed by atoms with van der Waals surface area (Å²) in [5, 5.41) is 4.02. The number of likely N-dealkylation sites (tertiary alicyclic amines) is 1. The first kappa shape index (κ1) is 16.8. The lowest BCUT2D eigenvalue weighted by Crippen LogP contribution is -2.33. The first-order valence-electron chi connectivity index (χ1n) is 9.07. The normalized spacial score (nSPS) is 16.1. The van der Waals surface area contributed by atoms with Crippen LogP contribution >= 0.6 is 0 Å². The van der Waals surface area contributed by atoms with Crippen LogP contribution < -0.4 is 0 Å². The van der Waals surface area contributed by atoms with Gasteiger partial charge >= 0.3 is 0 Å². The van der Waals surface area contributed by atoms with Crippen molar-refractivity contribution in [2.75, 3.05) is 13.1 Å². The Hall–Kier alpha value is -2.60. The lowest BCUT2D eigenvalue weighted by atomic mass is 9.90. The molecule has 3 aromatic rings. The van der Waals surface area contributed by atoms with Crippen LogP contribution in [0.5, 0.6) is 0 Å². The van der Waals surface area contributed by atoms with Gasteiger partial charge in [0.05, 0.1) is 17.0 Å². The molecule has 1 aliphatic rings. The number of nitrogens with zero attached hydrogens (tertiary/aromatic N) is 5. The lowest BCUT2D eigenvalue weighted by molar-refractivity contribution is 0.203. The van der Waals surface area contributed by atoms with Gasteiger partial charge in [-0.15, -0.1) is 0 Å². The van der Waals surface area contributed by atoms with Gasteiger partial charge < -0.3 is 4.52 Å². The summed E-state index contributed by atoms with van der Waals surface area (Å²) in [4.78, 5) is 15.7. The van der Waals surface area contributed by atoms with Crippen molar-refractivity contribution < 1.29 is 4.52 Å².